The van der Waals surface area contributed by atoms with Gasteiger partial charge in [-0.2, -0.15) is 4.31 Å². The van der Waals surface area contributed by atoms with Gasteiger partial charge in [0, 0.05) is 18.7 Å². The Balaban J connectivity index is 2.03. The summed E-state index contributed by atoms with van der Waals surface area (Å²) in [4.78, 5) is 15.6. The largest absolute Gasteiger partial charge is 0.321 e. The Kier molecular flexibility index (Phi) is 5.25. The van der Waals surface area contributed by atoms with Crippen LogP contribution < -0.4 is 5.56 Å². The van der Waals surface area contributed by atoms with Gasteiger partial charge in [-0.15, -0.1) is 0 Å². The minimum atomic E-state index is -3.66. The minimum absolute atomic E-state index is 0.0459. The summed E-state index contributed by atoms with van der Waals surface area (Å²) >= 11 is 0. The van der Waals surface area contributed by atoms with Crippen LogP contribution in [0.2, 0.25) is 0 Å². The van der Waals surface area contributed by atoms with Gasteiger partial charge < -0.3 is 4.98 Å². The first-order valence-electron chi connectivity index (χ1n) is 8.60. The third kappa shape index (κ3) is 3.57. The summed E-state index contributed by atoms with van der Waals surface area (Å²) in [6.45, 7) is 4.25. The summed E-state index contributed by atoms with van der Waals surface area (Å²) in [6.07, 6.45) is 0.663. The summed E-state index contributed by atoms with van der Waals surface area (Å²) in [7, 11) is -3.66. The molecule has 0 spiro atoms. The molecule has 0 saturated carbocycles. The highest BCUT2D eigenvalue weighted by Gasteiger charge is 2.24. The molecule has 2 aromatic carbocycles. The topological polar surface area (TPSA) is 70.2 Å². The Morgan fingerprint density at radius 1 is 1.04 bits per heavy atom. The second-order valence-electron chi connectivity index (χ2n) is 6.31. The van der Waals surface area contributed by atoms with Crippen molar-refractivity contribution in [3.8, 4) is 0 Å². The molecule has 0 atom stereocenters. The summed E-state index contributed by atoms with van der Waals surface area (Å²) in [5.74, 6) is 0. The van der Waals surface area contributed by atoms with Crippen LogP contribution in [0.1, 0.15) is 24.5 Å². The molecule has 0 bridgehead atoms. The van der Waals surface area contributed by atoms with Crippen LogP contribution in [-0.4, -0.2) is 24.3 Å². The average Bonchev–Trinajstić information content (AvgIpc) is 2.63. The van der Waals surface area contributed by atoms with E-state index in [1.54, 1.807) is 36.4 Å². The van der Waals surface area contributed by atoms with E-state index in [2.05, 4.69) is 4.98 Å². The van der Waals surface area contributed by atoms with E-state index in [1.807, 2.05) is 32.0 Å². The van der Waals surface area contributed by atoms with Crippen LogP contribution in [0.25, 0.3) is 10.9 Å². The van der Waals surface area contributed by atoms with Crippen molar-refractivity contribution in [1.82, 2.24) is 9.29 Å². The molecule has 1 heterocycles. The van der Waals surface area contributed by atoms with Gasteiger partial charge in [0.2, 0.25) is 10.0 Å². The molecule has 0 radical (unpaired) electrons. The molecule has 1 aromatic heterocycles. The zero-order chi connectivity index (χ0) is 18.7. The summed E-state index contributed by atoms with van der Waals surface area (Å²) in [6, 6.07) is 15.9. The normalized spacial score (nSPS) is 12.0. The van der Waals surface area contributed by atoms with Crippen LogP contribution in [0, 0.1) is 6.92 Å². The van der Waals surface area contributed by atoms with Gasteiger partial charge in [-0.05, 0) is 42.5 Å². The van der Waals surface area contributed by atoms with E-state index in [0.717, 1.165) is 16.5 Å². The Morgan fingerprint density at radius 2 is 1.77 bits per heavy atom. The van der Waals surface area contributed by atoms with E-state index in [0.29, 0.717) is 18.5 Å². The lowest BCUT2D eigenvalue weighted by atomic mass is 10.1. The maximum Gasteiger partial charge on any atom is 0.252 e. The van der Waals surface area contributed by atoms with Crippen LogP contribution in [0.15, 0.2) is 64.3 Å². The van der Waals surface area contributed by atoms with Gasteiger partial charge in [-0.1, -0.05) is 43.3 Å². The fourth-order valence-electron chi connectivity index (χ4n) is 3.01. The number of hydrogen-bond donors (Lipinski definition) is 1. The number of nitrogens with zero attached hydrogens (tertiary/aromatic N) is 1. The number of para-hydroxylation sites is 1. The van der Waals surface area contributed by atoms with E-state index < -0.39 is 10.0 Å². The summed E-state index contributed by atoms with van der Waals surface area (Å²) in [5.41, 5.74) is 1.95. The average molecular weight is 370 g/mol. The molecule has 0 aliphatic heterocycles. The maximum absolute atomic E-state index is 13.0. The summed E-state index contributed by atoms with van der Waals surface area (Å²) < 4.78 is 27.3. The second-order valence-corrected chi connectivity index (χ2v) is 8.25. The number of aryl methyl sites for hydroxylation is 1. The number of benzene rings is 2. The first-order chi connectivity index (χ1) is 12.4. The zero-order valence-corrected chi connectivity index (χ0v) is 15.7. The van der Waals surface area contributed by atoms with Crippen LogP contribution in [-0.2, 0) is 16.6 Å². The molecule has 0 unspecified atom stereocenters. The molecule has 0 saturated heterocycles. The van der Waals surface area contributed by atoms with Crippen LogP contribution >= 0.6 is 0 Å². The van der Waals surface area contributed by atoms with Gasteiger partial charge in [0.25, 0.3) is 5.56 Å². The Hall–Kier alpha value is -2.44. The number of aromatic amines is 1. The predicted molar refractivity (Wildman–Crippen MR) is 104 cm³/mol. The first-order valence-corrected chi connectivity index (χ1v) is 10.0. The van der Waals surface area contributed by atoms with Gasteiger partial charge in [0.1, 0.15) is 0 Å². The van der Waals surface area contributed by atoms with Crippen molar-refractivity contribution in [3.63, 3.8) is 0 Å². The van der Waals surface area contributed by atoms with Gasteiger partial charge in [0.15, 0.2) is 0 Å². The van der Waals surface area contributed by atoms with Gasteiger partial charge in [-0.25, -0.2) is 8.42 Å². The molecule has 0 aliphatic rings. The van der Waals surface area contributed by atoms with Crippen LogP contribution in [0.4, 0.5) is 0 Å². The molecule has 26 heavy (non-hydrogen) atoms. The molecule has 0 aliphatic carbocycles. The fourth-order valence-corrected chi connectivity index (χ4v) is 4.54. The smallest absolute Gasteiger partial charge is 0.252 e. The monoisotopic (exact) mass is 370 g/mol. The summed E-state index contributed by atoms with van der Waals surface area (Å²) in [5, 5.41) is 0.896. The molecule has 5 nitrogen and oxygen atoms in total. The minimum Gasteiger partial charge on any atom is -0.321 e. The number of rotatable bonds is 6. The van der Waals surface area contributed by atoms with Crippen LogP contribution in [0.5, 0.6) is 0 Å². The quantitative estimate of drug-likeness (QED) is 0.723. The molecule has 3 aromatic rings. The predicted octanol–water partition coefficient (Wildman–Crippen LogP) is 3.44. The maximum atomic E-state index is 13.0. The molecule has 6 heteroatoms. The SMILES string of the molecule is CCCN(Cc1cc2cccc(C)c2[nH]c1=O)S(=O)(=O)c1ccccc1. The van der Waals surface area contributed by atoms with Crippen molar-refractivity contribution < 1.29 is 8.42 Å². The van der Waals surface area contributed by atoms with E-state index in [9.17, 15) is 13.2 Å². The Bertz CT molecular complexity index is 1070. The standard InChI is InChI=1S/C20H22N2O3S/c1-3-12-22(26(24,25)18-10-5-4-6-11-18)14-17-13-16-9-7-8-15(2)19(16)21-20(17)23/h4-11,13H,3,12,14H2,1-2H3,(H,21,23). The molecule has 136 valence electrons. The number of pyridine rings is 1. The van der Waals surface area contributed by atoms with Crippen molar-refractivity contribution in [3.05, 3.63) is 76.1 Å². The third-order valence-electron chi connectivity index (χ3n) is 4.37. The van der Waals surface area contributed by atoms with Gasteiger partial charge in [0.05, 0.1) is 10.4 Å². The van der Waals surface area contributed by atoms with Crippen LogP contribution in [0.3, 0.4) is 0 Å². The third-order valence-corrected chi connectivity index (χ3v) is 6.23. The second kappa shape index (κ2) is 7.43. The van der Waals surface area contributed by atoms with Crippen molar-refractivity contribution in [1.29, 1.82) is 0 Å². The highest BCUT2D eigenvalue weighted by molar-refractivity contribution is 7.89. The Labute approximate surface area is 153 Å². The number of sulfonamides is 1. The lowest BCUT2D eigenvalue weighted by molar-refractivity contribution is 0.404. The first kappa shape index (κ1) is 18.4. The number of aromatic nitrogens is 1. The van der Waals surface area contributed by atoms with Crippen molar-refractivity contribution in [2.75, 3.05) is 6.54 Å². The van der Waals surface area contributed by atoms with E-state index in [1.165, 1.54) is 4.31 Å². The van der Waals surface area contributed by atoms with E-state index in [-0.39, 0.29) is 17.0 Å². The lowest BCUT2D eigenvalue weighted by Crippen LogP contribution is -2.33. The highest BCUT2D eigenvalue weighted by atomic mass is 32.2. The molecular formula is C20H22N2O3S. The molecule has 1 N–H and O–H groups in total. The van der Waals surface area contributed by atoms with Crippen molar-refractivity contribution in [2.24, 2.45) is 0 Å². The Morgan fingerprint density at radius 3 is 2.46 bits per heavy atom. The van der Waals surface area contributed by atoms with Gasteiger partial charge >= 0.3 is 0 Å². The van der Waals surface area contributed by atoms with Crippen molar-refractivity contribution in [2.45, 2.75) is 31.7 Å². The van der Waals surface area contributed by atoms with Gasteiger partial charge in [-0.3, -0.25) is 4.79 Å². The van der Waals surface area contributed by atoms with E-state index >= 15 is 0 Å². The van der Waals surface area contributed by atoms with Crippen molar-refractivity contribution >= 4 is 20.9 Å². The zero-order valence-electron chi connectivity index (χ0n) is 14.9. The lowest BCUT2D eigenvalue weighted by Gasteiger charge is -2.21. The molecule has 3 rings (SSSR count). The molecule has 0 amide bonds. The van der Waals surface area contributed by atoms with E-state index in [4.69, 9.17) is 0 Å². The molecule has 0 fully saturated rings. The number of nitrogens with one attached hydrogen (secondary N) is 1. The fraction of sp³-hybridized carbons (Fsp3) is 0.250. The molecular weight excluding hydrogens is 348 g/mol. The number of fused-ring (bicyclic) bond motifs is 1. The number of hydrogen-bond acceptors (Lipinski definition) is 3. The highest BCUT2D eigenvalue weighted by Crippen LogP contribution is 2.20. The number of H-pyrrole nitrogens is 1.